The van der Waals surface area contributed by atoms with E-state index in [2.05, 4.69) is 6.92 Å². The number of unbranched alkanes of at least 4 members (excludes halogenated alkanes) is 4. The van der Waals surface area contributed by atoms with Gasteiger partial charge in [0, 0.05) is 19.1 Å². The van der Waals surface area contributed by atoms with Gasteiger partial charge in [-0.25, -0.2) is 4.79 Å². The molecule has 0 bridgehead atoms. The van der Waals surface area contributed by atoms with Crippen molar-refractivity contribution in [3.63, 3.8) is 0 Å². The topological polar surface area (TPSA) is 81.6 Å². The molecule has 0 spiro atoms. The zero-order valence-corrected chi connectivity index (χ0v) is 13.3. The first-order valence-electron chi connectivity index (χ1n) is 8.03. The molecule has 4 N–H and O–H groups in total. The van der Waals surface area contributed by atoms with Crippen LogP contribution >= 0.6 is 0 Å². The van der Waals surface area contributed by atoms with E-state index in [4.69, 9.17) is 16.2 Å². The minimum atomic E-state index is -0.204. The summed E-state index contributed by atoms with van der Waals surface area (Å²) in [5, 5.41) is 0. The maximum absolute atomic E-state index is 11.2. The summed E-state index contributed by atoms with van der Waals surface area (Å²) < 4.78 is 4.86. The van der Waals surface area contributed by atoms with Crippen molar-refractivity contribution in [2.45, 2.75) is 64.8 Å². The summed E-state index contributed by atoms with van der Waals surface area (Å²) in [6.07, 6.45) is 8.17. The number of rotatable bonds is 6. The molecule has 0 saturated carbocycles. The van der Waals surface area contributed by atoms with Crippen molar-refractivity contribution in [3.05, 3.63) is 0 Å². The highest BCUT2D eigenvalue weighted by Gasteiger charge is 2.20. The molecule has 0 unspecified atom stereocenters. The second-order valence-corrected chi connectivity index (χ2v) is 5.23. The molecule has 0 aromatic rings. The highest BCUT2D eigenvalue weighted by atomic mass is 16.6. The Morgan fingerprint density at radius 3 is 2.25 bits per heavy atom. The van der Waals surface area contributed by atoms with Crippen LogP contribution in [0.4, 0.5) is 4.79 Å². The van der Waals surface area contributed by atoms with Crippen LogP contribution in [0.5, 0.6) is 0 Å². The van der Waals surface area contributed by atoms with Crippen molar-refractivity contribution in [1.29, 1.82) is 0 Å². The predicted molar refractivity (Wildman–Crippen MR) is 83.6 cm³/mol. The molecule has 1 amide bonds. The van der Waals surface area contributed by atoms with E-state index in [-0.39, 0.29) is 12.1 Å². The lowest BCUT2D eigenvalue weighted by Crippen LogP contribution is -2.43. The van der Waals surface area contributed by atoms with Gasteiger partial charge in [-0.1, -0.05) is 32.6 Å². The van der Waals surface area contributed by atoms with E-state index in [9.17, 15) is 4.79 Å². The monoisotopic (exact) mass is 287 g/mol. The van der Waals surface area contributed by atoms with Crippen molar-refractivity contribution >= 4 is 6.09 Å². The van der Waals surface area contributed by atoms with Crippen LogP contribution in [0.1, 0.15) is 58.8 Å². The molecule has 1 rings (SSSR count). The Kier molecular flexibility index (Phi) is 12.7. The minimum Gasteiger partial charge on any atom is -0.450 e. The van der Waals surface area contributed by atoms with Gasteiger partial charge in [-0.2, -0.15) is 0 Å². The lowest BCUT2D eigenvalue weighted by molar-refractivity contribution is 0.0974. The van der Waals surface area contributed by atoms with Gasteiger partial charge in [-0.3, -0.25) is 0 Å². The van der Waals surface area contributed by atoms with Crippen molar-refractivity contribution in [2.24, 2.45) is 11.5 Å². The standard InChI is InChI=1S/C8H16N2O2.C7H17N/c1-2-12-8(11)10-5-3-7(9)4-6-10;1-2-3-4-5-6-7-8/h7H,2-6,9H2,1H3;2-8H2,1H3. The SMILES string of the molecule is CCCCCCCN.CCOC(=O)N1CCC(N)CC1. The highest BCUT2D eigenvalue weighted by molar-refractivity contribution is 5.67. The van der Waals surface area contributed by atoms with E-state index >= 15 is 0 Å². The average Bonchev–Trinajstić information content (AvgIpc) is 2.45. The number of hydrogen-bond donors (Lipinski definition) is 2. The molecule has 120 valence electrons. The van der Waals surface area contributed by atoms with Crippen molar-refractivity contribution < 1.29 is 9.53 Å². The number of carbonyl (C=O) groups excluding carboxylic acids is 1. The predicted octanol–water partition coefficient (Wildman–Crippen LogP) is 2.48. The highest BCUT2D eigenvalue weighted by Crippen LogP contribution is 2.08. The maximum atomic E-state index is 11.2. The average molecular weight is 287 g/mol. The lowest BCUT2D eigenvalue weighted by atomic mass is 10.1. The Labute approximate surface area is 124 Å². The molecule has 5 heteroatoms. The fourth-order valence-electron chi connectivity index (χ4n) is 2.04. The van der Waals surface area contributed by atoms with E-state index in [1.165, 1.54) is 32.1 Å². The summed E-state index contributed by atoms with van der Waals surface area (Å²) in [6, 6.07) is 0.260. The first-order valence-corrected chi connectivity index (χ1v) is 8.03. The van der Waals surface area contributed by atoms with Crippen LogP contribution in [0.3, 0.4) is 0 Å². The van der Waals surface area contributed by atoms with Crippen LogP contribution in [0.2, 0.25) is 0 Å². The molecule has 1 saturated heterocycles. The molecular formula is C15H33N3O2. The van der Waals surface area contributed by atoms with Gasteiger partial charge >= 0.3 is 6.09 Å². The first kappa shape index (κ1) is 19.2. The van der Waals surface area contributed by atoms with Gasteiger partial charge < -0.3 is 21.1 Å². The van der Waals surface area contributed by atoms with Gasteiger partial charge in [0.1, 0.15) is 0 Å². The molecular weight excluding hydrogens is 254 g/mol. The third-order valence-electron chi connectivity index (χ3n) is 3.37. The molecule has 20 heavy (non-hydrogen) atoms. The Bertz CT molecular complexity index is 223. The minimum absolute atomic E-state index is 0.204. The van der Waals surface area contributed by atoms with E-state index in [0.717, 1.165) is 32.5 Å². The molecule has 0 atom stereocenters. The molecule has 0 aliphatic carbocycles. The third kappa shape index (κ3) is 10.0. The van der Waals surface area contributed by atoms with Gasteiger partial charge in [0.25, 0.3) is 0 Å². The second kappa shape index (κ2) is 13.2. The first-order chi connectivity index (χ1) is 9.65. The lowest BCUT2D eigenvalue weighted by Gasteiger charge is -2.29. The van der Waals surface area contributed by atoms with Gasteiger partial charge in [0.2, 0.25) is 0 Å². The molecule has 5 nitrogen and oxygen atoms in total. The summed E-state index contributed by atoms with van der Waals surface area (Å²) in [4.78, 5) is 12.9. The second-order valence-electron chi connectivity index (χ2n) is 5.23. The van der Waals surface area contributed by atoms with Crippen LogP contribution in [0.15, 0.2) is 0 Å². The largest absolute Gasteiger partial charge is 0.450 e. The smallest absolute Gasteiger partial charge is 0.409 e. The zero-order valence-electron chi connectivity index (χ0n) is 13.3. The summed E-state index contributed by atoms with van der Waals surface area (Å²) in [6.45, 7) is 6.82. The Morgan fingerprint density at radius 2 is 1.75 bits per heavy atom. The zero-order chi connectivity index (χ0) is 15.2. The van der Waals surface area contributed by atoms with E-state index in [0.29, 0.717) is 6.61 Å². The van der Waals surface area contributed by atoms with Crippen molar-refractivity contribution in [3.8, 4) is 0 Å². The number of nitrogens with two attached hydrogens (primary N) is 2. The van der Waals surface area contributed by atoms with Gasteiger partial charge in [0.05, 0.1) is 6.61 Å². The van der Waals surface area contributed by atoms with Crippen LogP contribution in [-0.2, 0) is 4.74 Å². The van der Waals surface area contributed by atoms with Crippen LogP contribution in [-0.4, -0.2) is 43.3 Å². The van der Waals surface area contributed by atoms with Crippen LogP contribution in [0.25, 0.3) is 0 Å². The molecule has 1 aliphatic heterocycles. The number of likely N-dealkylation sites (tertiary alicyclic amines) is 1. The van der Waals surface area contributed by atoms with Crippen molar-refractivity contribution in [1.82, 2.24) is 4.90 Å². The Balaban J connectivity index is 0.000000396. The number of nitrogens with zero attached hydrogens (tertiary/aromatic N) is 1. The van der Waals surface area contributed by atoms with Gasteiger partial charge in [-0.05, 0) is 32.7 Å². The van der Waals surface area contributed by atoms with Crippen LogP contribution < -0.4 is 11.5 Å². The quantitative estimate of drug-likeness (QED) is 0.735. The third-order valence-corrected chi connectivity index (χ3v) is 3.37. The Morgan fingerprint density at radius 1 is 1.15 bits per heavy atom. The van der Waals surface area contributed by atoms with Crippen molar-refractivity contribution in [2.75, 3.05) is 26.2 Å². The molecule has 1 heterocycles. The van der Waals surface area contributed by atoms with E-state index in [1.807, 2.05) is 6.92 Å². The number of amides is 1. The van der Waals surface area contributed by atoms with Gasteiger partial charge in [0.15, 0.2) is 0 Å². The fraction of sp³-hybridized carbons (Fsp3) is 0.933. The number of ether oxygens (including phenoxy) is 1. The summed E-state index contributed by atoms with van der Waals surface area (Å²) in [5.74, 6) is 0. The van der Waals surface area contributed by atoms with E-state index in [1.54, 1.807) is 4.90 Å². The van der Waals surface area contributed by atoms with Gasteiger partial charge in [-0.15, -0.1) is 0 Å². The summed E-state index contributed by atoms with van der Waals surface area (Å²) in [7, 11) is 0. The molecule has 0 aromatic carbocycles. The number of piperidine rings is 1. The molecule has 1 fully saturated rings. The maximum Gasteiger partial charge on any atom is 0.409 e. The molecule has 0 radical (unpaired) electrons. The fourth-order valence-corrected chi connectivity index (χ4v) is 2.04. The number of hydrogen-bond acceptors (Lipinski definition) is 4. The Hall–Kier alpha value is -0.810. The number of carbonyl (C=O) groups is 1. The summed E-state index contributed by atoms with van der Waals surface area (Å²) >= 11 is 0. The van der Waals surface area contributed by atoms with Crippen LogP contribution in [0, 0.1) is 0 Å². The normalized spacial score (nSPS) is 15.5. The molecule has 0 aromatic heterocycles. The summed E-state index contributed by atoms with van der Waals surface area (Å²) in [5.41, 5.74) is 11.0. The molecule has 1 aliphatic rings. The van der Waals surface area contributed by atoms with E-state index < -0.39 is 0 Å².